The zero-order valence-electron chi connectivity index (χ0n) is 10.3. The second-order valence-electron chi connectivity index (χ2n) is 3.82. The molecule has 0 saturated carbocycles. The Balaban J connectivity index is 2.43. The quantitative estimate of drug-likeness (QED) is 0.605. The molecule has 0 radical (unpaired) electrons. The molecular formula is C12H19N3O2. The summed E-state index contributed by atoms with van der Waals surface area (Å²) in [5.74, 6) is 0. The number of carbonyl (C=O) groups excluding carboxylic acids is 1. The van der Waals surface area contributed by atoms with E-state index in [1.54, 1.807) is 43.3 Å². The van der Waals surface area contributed by atoms with E-state index < -0.39 is 0 Å². The number of nitrogen functional groups attached to an aromatic ring is 1. The molecule has 0 unspecified atom stereocenters. The summed E-state index contributed by atoms with van der Waals surface area (Å²) in [6.07, 6.45) is 0.817. The molecule has 1 rings (SSSR count). The number of anilines is 2. The van der Waals surface area contributed by atoms with E-state index in [2.05, 4.69) is 5.32 Å². The number of hydrogen-bond acceptors (Lipinski definition) is 3. The van der Waals surface area contributed by atoms with Crippen molar-refractivity contribution in [2.75, 3.05) is 38.4 Å². The van der Waals surface area contributed by atoms with Gasteiger partial charge >= 0.3 is 6.03 Å². The second-order valence-corrected chi connectivity index (χ2v) is 3.82. The van der Waals surface area contributed by atoms with E-state index in [0.717, 1.165) is 6.42 Å². The third-order valence-corrected chi connectivity index (χ3v) is 2.33. The van der Waals surface area contributed by atoms with E-state index in [1.165, 1.54) is 0 Å². The highest BCUT2D eigenvalue weighted by Gasteiger charge is 2.07. The zero-order valence-corrected chi connectivity index (χ0v) is 10.3. The van der Waals surface area contributed by atoms with Crippen LogP contribution in [0.2, 0.25) is 0 Å². The maximum Gasteiger partial charge on any atom is 0.321 e. The largest absolute Gasteiger partial charge is 0.399 e. The van der Waals surface area contributed by atoms with Crippen LogP contribution in [0.5, 0.6) is 0 Å². The summed E-state index contributed by atoms with van der Waals surface area (Å²) in [6, 6.07) is 6.96. The molecule has 5 nitrogen and oxygen atoms in total. The van der Waals surface area contributed by atoms with Crippen LogP contribution in [-0.4, -0.2) is 38.2 Å². The highest BCUT2D eigenvalue weighted by molar-refractivity contribution is 5.89. The van der Waals surface area contributed by atoms with Crippen LogP contribution < -0.4 is 11.1 Å². The lowest BCUT2D eigenvalue weighted by atomic mass is 10.3. The molecule has 0 aliphatic rings. The summed E-state index contributed by atoms with van der Waals surface area (Å²) in [6.45, 7) is 1.30. The Morgan fingerprint density at radius 3 is 2.94 bits per heavy atom. The Hall–Kier alpha value is -1.75. The molecule has 3 N–H and O–H groups in total. The minimum atomic E-state index is -0.147. The maximum atomic E-state index is 11.8. The van der Waals surface area contributed by atoms with Crippen LogP contribution in [0.4, 0.5) is 16.2 Å². The average Bonchev–Trinajstić information content (AvgIpc) is 2.29. The summed E-state index contributed by atoms with van der Waals surface area (Å²) in [5, 5.41) is 2.78. The maximum absolute atomic E-state index is 11.8. The number of amides is 2. The van der Waals surface area contributed by atoms with Crippen molar-refractivity contribution in [3.63, 3.8) is 0 Å². The number of nitrogens with two attached hydrogens (primary N) is 1. The summed E-state index contributed by atoms with van der Waals surface area (Å²) in [5.41, 5.74) is 6.96. The van der Waals surface area contributed by atoms with Crippen LogP contribution in [0, 0.1) is 0 Å². The summed E-state index contributed by atoms with van der Waals surface area (Å²) >= 11 is 0. The number of benzene rings is 1. The van der Waals surface area contributed by atoms with Crippen molar-refractivity contribution in [2.24, 2.45) is 0 Å². The van der Waals surface area contributed by atoms with Crippen LogP contribution in [0.15, 0.2) is 24.3 Å². The molecule has 0 aliphatic heterocycles. The van der Waals surface area contributed by atoms with E-state index >= 15 is 0 Å². The molecule has 0 aliphatic carbocycles. The number of ether oxygens (including phenoxy) is 1. The van der Waals surface area contributed by atoms with Crippen LogP contribution >= 0.6 is 0 Å². The fourth-order valence-corrected chi connectivity index (χ4v) is 1.38. The Kier molecular flexibility index (Phi) is 5.29. The average molecular weight is 237 g/mol. The molecule has 17 heavy (non-hydrogen) atoms. The Bertz CT molecular complexity index is 369. The molecule has 0 spiro atoms. The van der Waals surface area contributed by atoms with Crippen molar-refractivity contribution in [3.05, 3.63) is 24.3 Å². The molecule has 2 amide bonds. The van der Waals surface area contributed by atoms with Crippen LogP contribution in [0.1, 0.15) is 6.42 Å². The van der Waals surface area contributed by atoms with Gasteiger partial charge in [-0.15, -0.1) is 0 Å². The van der Waals surface area contributed by atoms with Crippen molar-refractivity contribution >= 4 is 17.4 Å². The third kappa shape index (κ3) is 4.74. The molecule has 0 atom stereocenters. The number of urea groups is 1. The predicted molar refractivity (Wildman–Crippen MR) is 69.0 cm³/mol. The SMILES string of the molecule is COCCCN(C)C(=O)Nc1cccc(N)c1. The van der Waals surface area contributed by atoms with Crippen molar-refractivity contribution < 1.29 is 9.53 Å². The molecular weight excluding hydrogens is 218 g/mol. The highest BCUT2D eigenvalue weighted by Crippen LogP contribution is 2.12. The molecule has 0 fully saturated rings. The van der Waals surface area contributed by atoms with Gasteiger partial charge in [-0.3, -0.25) is 0 Å². The van der Waals surface area contributed by atoms with Crippen molar-refractivity contribution in [1.82, 2.24) is 4.90 Å². The lowest BCUT2D eigenvalue weighted by Gasteiger charge is -2.17. The van der Waals surface area contributed by atoms with Crippen LogP contribution in [-0.2, 0) is 4.74 Å². The number of nitrogens with one attached hydrogen (secondary N) is 1. The van der Waals surface area contributed by atoms with E-state index in [9.17, 15) is 4.79 Å². The number of nitrogens with zero attached hydrogens (tertiary/aromatic N) is 1. The Morgan fingerprint density at radius 2 is 2.29 bits per heavy atom. The Morgan fingerprint density at radius 1 is 1.53 bits per heavy atom. The van der Waals surface area contributed by atoms with Gasteiger partial charge in [0.05, 0.1) is 0 Å². The summed E-state index contributed by atoms with van der Waals surface area (Å²) in [7, 11) is 3.39. The van der Waals surface area contributed by atoms with Gasteiger partial charge < -0.3 is 20.7 Å². The van der Waals surface area contributed by atoms with Gasteiger partial charge in [-0.2, -0.15) is 0 Å². The monoisotopic (exact) mass is 237 g/mol. The van der Waals surface area contributed by atoms with E-state index in [-0.39, 0.29) is 6.03 Å². The molecule has 1 aromatic rings. The second kappa shape index (κ2) is 6.75. The van der Waals surface area contributed by atoms with Gasteiger partial charge in [0.25, 0.3) is 0 Å². The molecule has 94 valence electrons. The number of rotatable bonds is 5. The predicted octanol–water partition coefficient (Wildman–Crippen LogP) is 1.77. The first-order valence-electron chi connectivity index (χ1n) is 5.50. The molecule has 0 aromatic heterocycles. The lowest BCUT2D eigenvalue weighted by molar-refractivity contribution is 0.179. The van der Waals surface area contributed by atoms with Gasteiger partial charge in [-0.1, -0.05) is 6.07 Å². The number of methoxy groups -OCH3 is 1. The van der Waals surface area contributed by atoms with Gasteiger partial charge in [-0.25, -0.2) is 4.79 Å². The van der Waals surface area contributed by atoms with Crippen LogP contribution in [0.25, 0.3) is 0 Å². The van der Waals surface area contributed by atoms with Gasteiger partial charge in [0.1, 0.15) is 0 Å². The molecule has 0 saturated heterocycles. The molecule has 5 heteroatoms. The summed E-state index contributed by atoms with van der Waals surface area (Å²) in [4.78, 5) is 13.4. The first-order chi connectivity index (χ1) is 8.13. The summed E-state index contributed by atoms with van der Waals surface area (Å²) < 4.78 is 4.93. The Labute approximate surface area is 102 Å². The smallest absolute Gasteiger partial charge is 0.321 e. The van der Waals surface area contributed by atoms with Gasteiger partial charge in [0, 0.05) is 38.7 Å². The van der Waals surface area contributed by atoms with Crippen molar-refractivity contribution in [1.29, 1.82) is 0 Å². The fraction of sp³-hybridized carbons (Fsp3) is 0.417. The fourth-order valence-electron chi connectivity index (χ4n) is 1.38. The normalized spacial score (nSPS) is 10.0. The van der Waals surface area contributed by atoms with Gasteiger partial charge in [0.15, 0.2) is 0 Å². The molecule has 0 heterocycles. The molecule has 1 aromatic carbocycles. The van der Waals surface area contributed by atoms with E-state index in [4.69, 9.17) is 10.5 Å². The first-order valence-corrected chi connectivity index (χ1v) is 5.50. The molecule has 0 bridgehead atoms. The topological polar surface area (TPSA) is 67.6 Å². The highest BCUT2D eigenvalue weighted by atomic mass is 16.5. The third-order valence-electron chi connectivity index (χ3n) is 2.33. The number of hydrogen-bond donors (Lipinski definition) is 2. The first kappa shape index (κ1) is 13.3. The zero-order chi connectivity index (χ0) is 12.7. The minimum Gasteiger partial charge on any atom is -0.399 e. The van der Waals surface area contributed by atoms with Crippen LogP contribution in [0.3, 0.4) is 0 Å². The lowest BCUT2D eigenvalue weighted by Crippen LogP contribution is -2.32. The van der Waals surface area contributed by atoms with E-state index in [1.807, 2.05) is 0 Å². The van der Waals surface area contributed by atoms with Gasteiger partial charge in [-0.05, 0) is 24.6 Å². The number of carbonyl (C=O) groups is 1. The van der Waals surface area contributed by atoms with Crippen molar-refractivity contribution in [3.8, 4) is 0 Å². The van der Waals surface area contributed by atoms with E-state index in [0.29, 0.717) is 24.5 Å². The van der Waals surface area contributed by atoms with Crippen molar-refractivity contribution in [2.45, 2.75) is 6.42 Å². The standard InChI is InChI=1S/C12H19N3O2/c1-15(7-4-8-17-2)12(16)14-11-6-3-5-10(13)9-11/h3,5-6,9H,4,7-8,13H2,1-2H3,(H,14,16). The van der Waals surface area contributed by atoms with Gasteiger partial charge in [0.2, 0.25) is 0 Å². The minimum absolute atomic E-state index is 0.147.